The lowest BCUT2D eigenvalue weighted by molar-refractivity contribution is -0.307. The van der Waals surface area contributed by atoms with Crippen molar-refractivity contribution in [2.24, 2.45) is 0 Å². The molecule has 2 aromatic carbocycles. The Morgan fingerprint density at radius 3 is 2.55 bits per heavy atom. The Labute approximate surface area is 200 Å². The first-order valence-electron chi connectivity index (χ1n) is 11.2. The first kappa shape index (κ1) is 24.5. The van der Waals surface area contributed by atoms with Crippen molar-refractivity contribution in [3.8, 4) is 17.0 Å². The minimum Gasteiger partial charge on any atom is -0.546 e. The lowest BCUT2D eigenvalue weighted by Crippen LogP contribution is -2.29. The highest BCUT2D eigenvalue weighted by molar-refractivity contribution is 6.30. The number of ether oxygens (including phenoxy) is 1. The molecule has 0 aliphatic carbocycles. The fourth-order valence-electron chi connectivity index (χ4n) is 3.77. The maximum Gasteiger partial charge on any atom is 0.135 e. The third-order valence-electron chi connectivity index (χ3n) is 5.48. The van der Waals surface area contributed by atoms with Crippen LogP contribution in [0.3, 0.4) is 0 Å². The summed E-state index contributed by atoms with van der Waals surface area (Å²) in [6, 6.07) is 13.5. The fourth-order valence-corrected chi connectivity index (χ4v) is 3.90. The summed E-state index contributed by atoms with van der Waals surface area (Å²) in [4.78, 5) is 22.2. The van der Waals surface area contributed by atoms with E-state index in [1.807, 2.05) is 50.2 Å². The monoisotopic (exact) mass is 466 g/mol. The molecule has 0 N–H and O–H groups in total. The molecule has 0 saturated heterocycles. The van der Waals surface area contributed by atoms with E-state index >= 15 is 0 Å². The van der Waals surface area contributed by atoms with Gasteiger partial charge in [0.25, 0.3) is 0 Å². The van der Waals surface area contributed by atoms with Gasteiger partial charge in [0.1, 0.15) is 24.5 Å². The molecule has 3 aromatic rings. The van der Waals surface area contributed by atoms with Crippen molar-refractivity contribution in [1.29, 1.82) is 0 Å². The summed E-state index contributed by atoms with van der Waals surface area (Å²) in [5, 5.41) is 11.4. The summed E-state index contributed by atoms with van der Waals surface area (Å²) in [5.41, 5.74) is 4.97. The molecule has 7 heteroatoms. The smallest absolute Gasteiger partial charge is 0.135 e. The lowest BCUT2D eigenvalue weighted by Gasteiger charge is -2.26. The Morgan fingerprint density at radius 1 is 1.12 bits per heavy atom. The van der Waals surface area contributed by atoms with Crippen LogP contribution >= 0.6 is 11.6 Å². The first-order valence-corrected chi connectivity index (χ1v) is 11.6. The van der Waals surface area contributed by atoms with E-state index in [-0.39, 0.29) is 0 Å². The molecule has 0 atom stereocenters. The molecule has 1 aromatic heterocycles. The zero-order valence-corrected chi connectivity index (χ0v) is 20.1. The van der Waals surface area contributed by atoms with E-state index in [2.05, 4.69) is 27.9 Å². The van der Waals surface area contributed by atoms with E-state index in [0.717, 1.165) is 59.6 Å². The highest BCUT2D eigenvalue weighted by Crippen LogP contribution is 2.30. The average Bonchev–Trinajstić information content (AvgIpc) is 2.81. The number of rotatable bonds is 11. The summed E-state index contributed by atoms with van der Waals surface area (Å²) < 4.78 is 5.39. The van der Waals surface area contributed by atoms with E-state index in [1.54, 1.807) is 6.33 Å². The molecule has 0 bridgehead atoms. The van der Waals surface area contributed by atoms with E-state index in [0.29, 0.717) is 17.3 Å². The summed E-state index contributed by atoms with van der Waals surface area (Å²) >= 11 is 6.06. The lowest BCUT2D eigenvalue weighted by atomic mass is 10.1. The van der Waals surface area contributed by atoms with Crippen LogP contribution in [0.5, 0.6) is 5.75 Å². The number of benzene rings is 2. The number of hydrogen-bond donors (Lipinski definition) is 0. The van der Waals surface area contributed by atoms with Crippen molar-refractivity contribution in [3.05, 3.63) is 70.5 Å². The largest absolute Gasteiger partial charge is 0.546 e. The summed E-state index contributed by atoms with van der Waals surface area (Å²) in [7, 11) is 0. The van der Waals surface area contributed by atoms with Gasteiger partial charge in [-0.1, -0.05) is 56.1 Å². The second-order valence-electron chi connectivity index (χ2n) is 7.91. The number of halogens is 1. The van der Waals surface area contributed by atoms with Crippen molar-refractivity contribution in [2.75, 3.05) is 18.1 Å². The first-order chi connectivity index (χ1) is 15.9. The molecule has 1 heterocycles. The van der Waals surface area contributed by atoms with Gasteiger partial charge in [-0.15, -0.1) is 0 Å². The number of anilines is 1. The van der Waals surface area contributed by atoms with Gasteiger partial charge >= 0.3 is 0 Å². The number of carboxylic acids is 1. The Hall–Kier alpha value is -3.12. The van der Waals surface area contributed by atoms with Crippen molar-refractivity contribution in [3.63, 3.8) is 0 Å². The van der Waals surface area contributed by atoms with Gasteiger partial charge in [0, 0.05) is 29.2 Å². The van der Waals surface area contributed by atoms with Gasteiger partial charge in [-0.3, -0.25) is 0 Å². The number of aromatic nitrogens is 2. The van der Waals surface area contributed by atoms with Gasteiger partial charge in [-0.05, 0) is 49.1 Å². The summed E-state index contributed by atoms with van der Waals surface area (Å²) in [6.45, 7) is 7.31. The van der Waals surface area contributed by atoms with Crippen LogP contribution in [0.25, 0.3) is 11.3 Å². The molecule has 0 aliphatic heterocycles. The number of hydrogen-bond acceptors (Lipinski definition) is 6. The van der Waals surface area contributed by atoms with Gasteiger partial charge in [-0.25, -0.2) is 9.97 Å². The van der Waals surface area contributed by atoms with E-state index in [1.165, 1.54) is 0 Å². The highest BCUT2D eigenvalue weighted by atomic mass is 35.5. The fraction of sp³-hybridized carbons (Fsp3) is 0.346. The van der Waals surface area contributed by atoms with Crippen LogP contribution in [-0.4, -0.2) is 29.1 Å². The van der Waals surface area contributed by atoms with Gasteiger partial charge < -0.3 is 19.5 Å². The minimum absolute atomic E-state index is 0.456. The van der Waals surface area contributed by atoms with Crippen molar-refractivity contribution in [2.45, 2.75) is 46.6 Å². The third kappa shape index (κ3) is 6.45. The van der Waals surface area contributed by atoms with E-state index in [4.69, 9.17) is 16.3 Å². The highest BCUT2D eigenvalue weighted by Gasteiger charge is 2.16. The van der Waals surface area contributed by atoms with Crippen LogP contribution in [0, 0.1) is 6.92 Å². The quantitative estimate of drug-likeness (QED) is 0.411. The molecule has 33 heavy (non-hydrogen) atoms. The summed E-state index contributed by atoms with van der Waals surface area (Å²) in [5.74, 6) is 0.245. The van der Waals surface area contributed by atoms with Crippen molar-refractivity contribution < 1.29 is 14.6 Å². The van der Waals surface area contributed by atoms with E-state index in [9.17, 15) is 9.90 Å². The van der Waals surface area contributed by atoms with Crippen LogP contribution in [0.15, 0.2) is 48.8 Å². The van der Waals surface area contributed by atoms with Gasteiger partial charge in [0.2, 0.25) is 0 Å². The standard InChI is InChI=1S/C26H30ClN3O3/c1-4-6-13-30(15-19-7-12-23(20(5-2)14-19)33-16-24(31)32)26-18(3)25(28-17-29-26)21-8-10-22(27)11-9-21/h7-12,14,17H,4-6,13,15-16H2,1-3H3,(H,31,32)/p-1. The van der Waals surface area contributed by atoms with Gasteiger partial charge in [0.05, 0.1) is 11.7 Å². The zero-order valence-electron chi connectivity index (χ0n) is 19.3. The maximum absolute atomic E-state index is 10.8. The predicted molar refractivity (Wildman–Crippen MR) is 129 cm³/mol. The number of carbonyl (C=O) groups is 1. The number of aliphatic carboxylic acids is 1. The Bertz CT molecular complexity index is 1090. The topological polar surface area (TPSA) is 78.4 Å². The zero-order chi connectivity index (χ0) is 23.8. The average molecular weight is 467 g/mol. The molecule has 174 valence electrons. The molecule has 0 amide bonds. The molecule has 0 radical (unpaired) electrons. The molecule has 6 nitrogen and oxygen atoms in total. The van der Waals surface area contributed by atoms with Crippen molar-refractivity contribution in [1.82, 2.24) is 9.97 Å². The summed E-state index contributed by atoms with van der Waals surface area (Å²) in [6.07, 6.45) is 4.45. The molecular formula is C26H29ClN3O3-. The number of carboxylic acid groups (broad SMARTS) is 1. The molecule has 0 saturated carbocycles. The van der Waals surface area contributed by atoms with Crippen molar-refractivity contribution >= 4 is 23.4 Å². The van der Waals surface area contributed by atoms with Crippen LogP contribution in [0.2, 0.25) is 5.02 Å². The van der Waals surface area contributed by atoms with Crippen LogP contribution in [-0.2, 0) is 17.8 Å². The Morgan fingerprint density at radius 2 is 1.88 bits per heavy atom. The molecule has 0 spiro atoms. The van der Waals surface area contributed by atoms with E-state index < -0.39 is 12.6 Å². The molecule has 0 fully saturated rings. The maximum atomic E-state index is 10.8. The van der Waals surface area contributed by atoms with Gasteiger partial charge in [-0.2, -0.15) is 0 Å². The van der Waals surface area contributed by atoms with Crippen LogP contribution in [0.1, 0.15) is 43.4 Å². The number of unbranched alkanes of at least 4 members (excludes halogenated alkanes) is 1. The van der Waals surface area contributed by atoms with Crippen LogP contribution < -0.4 is 14.7 Å². The normalized spacial score (nSPS) is 10.8. The molecule has 0 aliphatic rings. The predicted octanol–water partition coefficient (Wildman–Crippen LogP) is 4.60. The minimum atomic E-state index is -1.23. The number of aryl methyl sites for hydroxylation is 1. The number of nitrogens with zero attached hydrogens (tertiary/aromatic N) is 3. The Balaban J connectivity index is 1.91. The SMILES string of the molecule is CCCCN(Cc1ccc(OCC(=O)[O-])c(CC)c1)c1ncnc(-c2ccc(Cl)cc2)c1C. The third-order valence-corrected chi connectivity index (χ3v) is 5.73. The van der Waals surface area contributed by atoms with Gasteiger partial charge in [0.15, 0.2) is 0 Å². The Kier molecular flexibility index (Phi) is 8.66. The van der Waals surface area contributed by atoms with Crippen LogP contribution in [0.4, 0.5) is 5.82 Å². The molecular weight excluding hydrogens is 438 g/mol. The second kappa shape index (κ2) is 11.7. The molecule has 3 rings (SSSR count). The molecule has 0 unspecified atom stereocenters. The number of carbonyl (C=O) groups excluding carboxylic acids is 1. The second-order valence-corrected chi connectivity index (χ2v) is 8.35.